The molecule has 0 aliphatic rings. The van der Waals surface area contributed by atoms with E-state index in [1.54, 1.807) is 42.5 Å². The Morgan fingerprint density at radius 2 is 1.62 bits per heavy atom. The van der Waals surface area contributed by atoms with Gasteiger partial charge in [-0.25, -0.2) is 18.0 Å². The summed E-state index contributed by atoms with van der Waals surface area (Å²) in [6.45, 7) is -0.270. The van der Waals surface area contributed by atoms with E-state index in [1.807, 2.05) is 6.07 Å². The predicted octanol–water partition coefficient (Wildman–Crippen LogP) is 4.03. The highest BCUT2D eigenvalue weighted by atomic mass is 19.2. The first-order chi connectivity index (χ1) is 18.8. The maximum absolute atomic E-state index is 13.6. The van der Waals surface area contributed by atoms with Crippen molar-refractivity contribution in [2.45, 2.75) is 12.6 Å². The van der Waals surface area contributed by atoms with E-state index in [0.29, 0.717) is 16.8 Å². The van der Waals surface area contributed by atoms with Crippen molar-refractivity contribution in [2.24, 2.45) is 0 Å². The van der Waals surface area contributed by atoms with Gasteiger partial charge in [-0.2, -0.15) is 0 Å². The lowest BCUT2D eigenvalue weighted by Crippen LogP contribution is -2.37. The Kier molecular flexibility index (Phi) is 7.04. The van der Waals surface area contributed by atoms with Gasteiger partial charge < -0.3 is 24.6 Å². The van der Waals surface area contributed by atoms with E-state index in [2.05, 4.69) is 15.3 Å². The van der Waals surface area contributed by atoms with Crippen LogP contribution in [0.15, 0.2) is 88.6 Å². The molecular weight excluding hydrogens is 513 g/mol. The molecule has 3 N–H and O–H groups in total. The van der Waals surface area contributed by atoms with Crippen LogP contribution in [0.3, 0.4) is 0 Å². The van der Waals surface area contributed by atoms with Crippen molar-refractivity contribution in [3.63, 3.8) is 0 Å². The zero-order valence-corrected chi connectivity index (χ0v) is 20.2. The van der Waals surface area contributed by atoms with Crippen molar-refractivity contribution in [1.29, 1.82) is 0 Å². The van der Waals surface area contributed by atoms with Crippen LogP contribution in [-0.2, 0) is 6.54 Å². The molecule has 2 aromatic heterocycles. The molecule has 0 bridgehead atoms. The minimum absolute atomic E-state index is 0.00503. The molecule has 0 spiro atoms. The maximum atomic E-state index is 13.6. The number of nitrogens with one attached hydrogen (secondary N) is 3. The molecule has 3 aromatic carbocycles. The fraction of sp³-hybridized carbons (Fsp3) is 0.107. The van der Waals surface area contributed by atoms with Gasteiger partial charge in [0.05, 0.1) is 23.6 Å². The third-order valence-corrected chi connectivity index (χ3v) is 6.07. The third kappa shape index (κ3) is 5.61. The Morgan fingerprint density at radius 3 is 2.36 bits per heavy atom. The Bertz CT molecular complexity index is 1760. The fourth-order valence-electron chi connectivity index (χ4n) is 4.15. The number of aromatic nitrogens is 3. The molecule has 0 unspecified atom stereocenters. The minimum atomic E-state index is -1.60. The van der Waals surface area contributed by atoms with Crippen molar-refractivity contribution in [3.05, 3.63) is 134 Å². The highest BCUT2D eigenvalue weighted by molar-refractivity contribution is 5.94. The SMILES string of the molecule is O=C(N[C@H](COc1ccc2[nH]c(=O)[nH]c2c1)c1ccccc1)c1cccn(Cc2cc(F)c(F)c(F)c2)c1=O. The maximum Gasteiger partial charge on any atom is 0.323 e. The van der Waals surface area contributed by atoms with Gasteiger partial charge in [-0.1, -0.05) is 30.3 Å². The summed E-state index contributed by atoms with van der Waals surface area (Å²) < 4.78 is 47.6. The van der Waals surface area contributed by atoms with Crippen LogP contribution in [0, 0.1) is 17.5 Å². The van der Waals surface area contributed by atoms with Gasteiger partial charge >= 0.3 is 5.69 Å². The normalized spacial score (nSPS) is 11.9. The quantitative estimate of drug-likeness (QED) is 0.261. The summed E-state index contributed by atoms with van der Waals surface area (Å²) in [4.78, 5) is 43.1. The molecule has 0 saturated heterocycles. The van der Waals surface area contributed by atoms with E-state index >= 15 is 0 Å². The Morgan fingerprint density at radius 1 is 0.897 bits per heavy atom. The van der Waals surface area contributed by atoms with Crippen LogP contribution in [-0.4, -0.2) is 27.0 Å². The van der Waals surface area contributed by atoms with Crippen molar-refractivity contribution >= 4 is 16.9 Å². The number of fused-ring (bicyclic) bond motifs is 1. The van der Waals surface area contributed by atoms with Gasteiger partial charge in [0.1, 0.15) is 17.9 Å². The average molecular weight is 534 g/mol. The summed E-state index contributed by atoms with van der Waals surface area (Å²) in [5.74, 6) is -4.59. The molecule has 1 atom stereocenters. The number of benzene rings is 3. The number of pyridine rings is 1. The van der Waals surface area contributed by atoms with Crippen LogP contribution in [0.5, 0.6) is 5.75 Å². The number of nitrogens with zero attached hydrogens (tertiary/aromatic N) is 1. The van der Waals surface area contributed by atoms with Crippen molar-refractivity contribution in [1.82, 2.24) is 19.9 Å². The van der Waals surface area contributed by atoms with E-state index in [4.69, 9.17) is 4.74 Å². The van der Waals surface area contributed by atoms with Gasteiger partial charge in [0.25, 0.3) is 11.5 Å². The van der Waals surface area contributed by atoms with Gasteiger partial charge in [-0.15, -0.1) is 0 Å². The van der Waals surface area contributed by atoms with E-state index < -0.39 is 35.0 Å². The fourth-order valence-corrected chi connectivity index (χ4v) is 4.15. The summed E-state index contributed by atoms with van der Waals surface area (Å²) in [6, 6.07) is 17.7. The number of rotatable bonds is 8. The molecule has 2 heterocycles. The summed E-state index contributed by atoms with van der Waals surface area (Å²) in [7, 11) is 0. The number of ether oxygens (including phenoxy) is 1. The molecule has 0 aliphatic heterocycles. The topological polar surface area (TPSA) is 109 Å². The second-order valence-electron chi connectivity index (χ2n) is 8.76. The van der Waals surface area contributed by atoms with Gasteiger partial charge in [0.15, 0.2) is 17.5 Å². The number of amides is 1. The van der Waals surface area contributed by atoms with Gasteiger partial charge in [-0.05, 0) is 47.5 Å². The number of hydrogen-bond donors (Lipinski definition) is 3. The first-order valence-corrected chi connectivity index (χ1v) is 11.8. The number of aromatic amines is 2. The van der Waals surface area contributed by atoms with Crippen LogP contribution in [0.1, 0.15) is 27.5 Å². The summed E-state index contributed by atoms with van der Waals surface area (Å²) >= 11 is 0. The molecule has 39 heavy (non-hydrogen) atoms. The lowest BCUT2D eigenvalue weighted by Gasteiger charge is -2.20. The molecule has 0 radical (unpaired) electrons. The molecule has 0 fully saturated rings. The van der Waals surface area contributed by atoms with Crippen LogP contribution in [0.4, 0.5) is 13.2 Å². The summed E-state index contributed by atoms with van der Waals surface area (Å²) in [5, 5.41) is 2.81. The number of carbonyl (C=O) groups excluding carboxylic acids is 1. The van der Waals surface area contributed by atoms with E-state index in [1.165, 1.54) is 18.3 Å². The number of imidazole rings is 1. The lowest BCUT2D eigenvalue weighted by molar-refractivity contribution is 0.0919. The molecule has 5 aromatic rings. The van der Waals surface area contributed by atoms with Crippen LogP contribution in [0.25, 0.3) is 11.0 Å². The predicted molar refractivity (Wildman–Crippen MR) is 137 cm³/mol. The van der Waals surface area contributed by atoms with Crippen LogP contribution in [0.2, 0.25) is 0 Å². The molecular formula is C28H21F3N4O4. The minimum Gasteiger partial charge on any atom is -0.491 e. The standard InChI is InChI=1S/C28H21F3N4O4/c29-20-11-16(12-21(30)25(20)31)14-35-10-4-7-19(27(35)37)26(36)32-24(17-5-2-1-3-6-17)15-39-18-8-9-22-23(13-18)34-28(38)33-22/h1-13,24H,14-15H2,(H,32,36)(H2,33,34,38)/t24-/m1/s1. The lowest BCUT2D eigenvalue weighted by atomic mass is 10.1. The molecule has 11 heteroatoms. The Balaban J connectivity index is 1.37. The smallest absolute Gasteiger partial charge is 0.323 e. The highest BCUT2D eigenvalue weighted by Crippen LogP contribution is 2.20. The van der Waals surface area contributed by atoms with Crippen LogP contribution < -0.4 is 21.3 Å². The summed E-state index contributed by atoms with van der Waals surface area (Å²) in [6.07, 6.45) is 1.36. The monoisotopic (exact) mass is 534 g/mol. The second kappa shape index (κ2) is 10.7. The first-order valence-electron chi connectivity index (χ1n) is 11.8. The van der Waals surface area contributed by atoms with Crippen LogP contribution >= 0.6 is 0 Å². The van der Waals surface area contributed by atoms with Crippen molar-refractivity contribution in [3.8, 4) is 5.75 Å². The first kappa shape index (κ1) is 25.6. The zero-order chi connectivity index (χ0) is 27.5. The largest absolute Gasteiger partial charge is 0.491 e. The Hall–Kier alpha value is -5.06. The van der Waals surface area contributed by atoms with Gasteiger partial charge in [0, 0.05) is 12.3 Å². The molecule has 8 nitrogen and oxygen atoms in total. The highest BCUT2D eigenvalue weighted by Gasteiger charge is 2.20. The number of hydrogen-bond acceptors (Lipinski definition) is 4. The molecule has 0 aliphatic carbocycles. The Labute approximate surface area is 218 Å². The number of H-pyrrole nitrogens is 2. The van der Waals surface area contributed by atoms with E-state index in [9.17, 15) is 27.6 Å². The second-order valence-corrected chi connectivity index (χ2v) is 8.76. The van der Waals surface area contributed by atoms with Gasteiger partial charge in [-0.3, -0.25) is 9.59 Å². The average Bonchev–Trinajstić information content (AvgIpc) is 3.30. The van der Waals surface area contributed by atoms with Crippen molar-refractivity contribution < 1.29 is 22.7 Å². The molecule has 1 amide bonds. The number of carbonyl (C=O) groups is 1. The van der Waals surface area contributed by atoms with E-state index in [-0.39, 0.29) is 30.0 Å². The molecule has 198 valence electrons. The zero-order valence-electron chi connectivity index (χ0n) is 20.2. The molecule has 5 rings (SSSR count). The van der Waals surface area contributed by atoms with Crippen molar-refractivity contribution in [2.75, 3.05) is 6.61 Å². The van der Waals surface area contributed by atoms with E-state index in [0.717, 1.165) is 22.3 Å². The summed E-state index contributed by atoms with van der Waals surface area (Å²) in [5.41, 5.74) is 0.662. The molecule has 0 saturated carbocycles. The third-order valence-electron chi connectivity index (χ3n) is 6.07. The number of halogens is 3. The van der Waals surface area contributed by atoms with Gasteiger partial charge in [0.2, 0.25) is 0 Å².